The molecule has 1 aromatic carbocycles. The predicted molar refractivity (Wildman–Crippen MR) is 51.6 cm³/mol. The fraction of sp³-hybridized carbons (Fsp3) is 0.300. The Labute approximate surface area is 81.2 Å². The number of fused-ring (bicyclic) bond motifs is 1. The summed E-state index contributed by atoms with van der Waals surface area (Å²) < 4.78 is 0. The van der Waals surface area contributed by atoms with Gasteiger partial charge in [0.15, 0.2) is 0 Å². The van der Waals surface area contributed by atoms with Crippen LogP contribution in [0.2, 0.25) is 0 Å². The van der Waals surface area contributed by atoms with Crippen molar-refractivity contribution >= 4 is 11.7 Å². The zero-order chi connectivity index (χ0) is 10.3. The second-order valence-corrected chi connectivity index (χ2v) is 3.49. The average molecular weight is 193 g/mol. The first-order chi connectivity index (χ1) is 6.61. The monoisotopic (exact) mass is 193 g/mol. The van der Waals surface area contributed by atoms with Crippen molar-refractivity contribution in [1.82, 2.24) is 0 Å². The van der Waals surface area contributed by atoms with Gasteiger partial charge in [-0.3, -0.25) is 0 Å². The van der Waals surface area contributed by atoms with E-state index in [1.165, 1.54) is 0 Å². The van der Waals surface area contributed by atoms with Crippen molar-refractivity contribution in [1.29, 1.82) is 0 Å². The lowest BCUT2D eigenvalue weighted by atomic mass is 9.96. The molecular weight excluding hydrogens is 182 g/mol. The van der Waals surface area contributed by atoms with E-state index >= 15 is 0 Å². The number of hydrogen-bond donors (Lipinski definition) is 3. The molecule has 0 fully saturated rings. The van der Waals surface area contributed by atoms with E-state index in [4.69, 9.17) is 5.11 Å². The molecular formula is C10H11NO3. The number of nitrogens with one attached hydrogen (secondary N) is 1. The summed E-state index contributed by atoms with van der Waals surface area (Å²) in [5.41, 5.74) is 1.41. The highest BCUT2D eigenvalue weighted by Gasteiger charge is 2.35. The van der Waals surface area contributed by atoms with Crippen molar-refractivity contribution in [2.45, 2.75) is 18.9 Å². The van der Waals surface area contributed by atoms with Gasteiger partial charge in [0.1, 0.15) is 11.8 Å². The third-order valence-electron chi connectivity index (χ3n) is 2.62. The molecule has 4 heteroatoms. The molecule has 1 aliphatic rings. The lowest BCUT2D eigenvalue weighted by Gasteiger charge is -2.10. The molecule has 0 spiro atoms. The number of aliphatic carboxylic acids is 1. The Morgan fingerprint density at radius 2 is 2.21 bits per heavy atom. The molecule has 3 N–H and O–H groups in total. The molecule has 2 rings (SSSR count). The molecule has 74 valence electrons. The van der Waals surface area contributed by atoms with E-state index in [-0.39, 0.29) is 11.7 Å². The third kappa shape index (κ3) is 1.11. The van der Waals surface area contributed by atoms with Crippen LogP contribution in [0.25, 0.3) is 0 Å². The van der Waals surface area contributed by atoms with Gasteiger partial charge in [-0.2, -0.15) is 0 Å². The first-order valence-electron chi connectivity index (χ1n) is 4.42. The number of carboxylic acid groups (broad SMARTS) is 1. The highest BCUT2D eigenvalue weighted by molar-refractivity contribution is 5.83. The van der Waals surface area contributed by atoms with Crippen LogP contribution in [0.4, 0.5) is 5.69 Å². The maximum absolute atomic E-state index is 10.8. The largest absolute Gasteiger partial charge is 0.508 e. The van der Waals surface area contributed by atoms with Crippen LogP contribution in [0.5, 0.6) is 5.75 Å². The first-order valence-corrected chi connectivity index (χ1v) is 4.42. The first kappa shape index (κ1) is 8.87. The van der Waals surface area contributed by atoms with Gasteiger partial charge in [-0.05, 0) is 12.1 Å². The molecule has 1 aliphatic heterocycles. The van der Waals surface area contributed by atoms with E-state index in [1.807, 2.05) is 0 Å². The van der Waals surface area contributed by atoms with Gasteiger partial charge in [0.05, 0.1) is 0 Å². The van der Waals surface area contributed by atoms with Crippen LogP contribution in [0, 0.1) is 0 Å². The van der Waals surface area contributed by atoms with E-state index in [2.05, 4.69) is 5.32 Å². The lowest BCUT2D eigenvalue weighted by Crippen LogP contribution is -2.28. The van der Waals surface area contributed by atoms with Crippen molar-refractivity contribution in [3.8, 4) is 5.75 Å². The normalized spacial score (nSPS) is 24.1. The Bertz CT molecular complexity index is 389. The second-order valence-electron chi connectivity index (χ2n) is 3.49. The topological polar surface area (TPSA) is 69.6 Å². The summed E-state index contributed by atoms with van der Waals surface area (Å²) in [6.45, 7) is 1.79. The Morgan fingerprint density at radius 1 is 1.50 bits per heavy atom. The molecule has 4 nitrogen and oxygen atoms in total. The Balaban J connectivity index is 2.46. The summed E-state index contributed by atoms with van der Waals surface area (Å²) in [5.74, 6) is -0.942. The Kier molecular flexibility index (Phi) is 1.84. The zero-order valence-electron chi connectivity index (χ0n) is 7.69. The Morgan fingerprint density at radius 3 is 2.79 bits per heavy atom. The smallest absolute Gasteiger partial charge is 0.326 e. The second kappa shape index (κ2) is 2.90. The summed E-state index contributed by atoms with van der Waals surface area (Å²) in [4.78, 5) is 10.8. The number of aromatic hydroxyl groups is 1. The summed E-state index contributed by atoms with van der Waals surface area (Å²) >= 11 is 0. The maximum Gasteiger partial charge on any atom is 0.326 e. The van der Waals surface area contributed by atoms with Crippen molar-refractivity contribution in [3.05, 3.63) is 23.8 Å². The molecule has 1 aromatic rings. The molecule has 0 aliphatic carbocycles. The summed E-state index contributed by atoms with van der Waals surface area (Å²) in [5, 5.41) is 21.3. The fourth-order valence-corrected chi connectivity index (χ4v) is 1.89. The van der Waals surface area contributed by atoms with Crippen molar-refractivity contribution in [2.75, 3.05) is 5.32 Å². The van der Waals surface area contributed by atoms with E-state index in [0.717, 1.165) is 0 Å². The SMILES string of the molecule is CC1c2c(O)cccc2NC1C(=O)O. The van der Waals surface area contributed by atoms with Gasteiger partial charge in [0, 0.05) is 17.2 Å². The number of rotatable bonds is 1. The predicted octanol–water partition coefficient (Wildman–Crippen LogP) is 1.37. The van der Waals surface area contributed by atoms with Gasteiger partial charge >= 0.3 is 5.97 Å². The van der Waals surface area contributed by atoms with Gasteiger partial charge in [-0.15, -0.1) is 0 Å². The molecule has 1 heterocycles. The van der Waals surface area contributed by atoms with Gasteiger partial charge in [-0.1, -0.05) is 13.0 Å². The molecule has 2 atom stereocenters. The van der Waals surface area contributed by atoms with E-state index in [9.17, 15) is 9.90 Å². The van der Waals surface area contributed by atoms with E-state index < -0.39 is 12.0 Å². The molecule has 14 heavy (non-hydrogen) atoms. The highest BCUT2D eigenvalue weighted by Crippen LogP contribution is 2.40. The van der Waals surface area contributed by atoms with Gasteiger partial charge < -0.3 is 15.5 Å². The van der Waals surface area contributed by atoms with Crippen molar-refractivity contribution < 1.29 is 15.0 Å². The standard InChI is InChI=1S/C10H11NO3/c1-5-8-6(3-2-4-7(8)12)11-9(5)10(13)14/h2-5,9,11-12H,1H3,(H,13,14). The number of benzene rings is 1. The quantitative estimate of drug-likeness (QED) is 0.630. The van der Waals surface area contributed by atoms with Gasteiger partial charge in [0.2, 0.25) is 0 Å². The molecule has 2 unspecified atom stereocenters. The lowest BCUT2D eigenvalue weighted by molar-refractivity contribution is -0.138. The number of phenols is 1. The molecule has 0 aromatic heterocycles. The van der Waals surface area contributed by atoms with Crippen LogP contribution in [-0.2, 0) is 4.79 Å². The number of anilines is 1. The molecule has 0 radical (unpaired) electrons. The van der Waals surface area contributed by atoms with Crippen LogP contribution in [0.15, 0.2) is 18.2 Å². The highest BCUT2D eigenvalue weighted by atomic mass is 16.4. The number of carboxylic acids is 1. The van der Waals surface area contributed by atoms with Gasteiger partial charge in [0.25, 0.3) is 0 Å². The number of carbonyl (C=O) groups is 1. The third-order valence-corrected chi connectivity index (χ3v) is 2.62. The molecule has 0 amide bonds. The van der Waals surface area contributed by atoms with Crippen LogP contribution in [-0.4, -0.2) is 22.2 Å². The van der Waals surface area contributed by atoms with Gasteiger partial charge in [-0.25, -0.2) is 4.79 Å². The van der Waals surface area contributed by atoms with E-state index in [1.54, 1.807) is 25.1 Å². The van der Waals surface area contributed by atoms with Crippen LogP contribution >= 0.6 is 0 Å². The summed E-state index contributed by atoms with van der Waals surface area (Å²) in [6.07, 6.45) is 0. The molecule has 0 bridgehead atoms. The summed E-state index contributed by atoms with van der Waals surface area (Å²) in [7, 11) is 0. The Hall–Kier alpha value is -1.71. The molecule has 0 saturated carbocycles. The average Bonchev–Trinajstić information content (AvgIpc) is 2.45. The minimum atomic E-state index is -0.895. The summed E-state index contributed by atoms with van der Waals surface area (Å²) in [6, 6.07) is 4.40. The minimum Gasteiger partial charge on any atom is -0.508 e. The number of phenolic OH excluding ortho intramolecular Hbond substituents is 1. The van der Waals surface area contributed by atoms with Crippen molar-refractivity contribution in [3.63, 3.8) is 0 Å². The van der Waals surface area contributed by atoms with Crippen LogP contribution < -0.4 is 5.32 Å². The minimum absolute atomic E-state index is 0.159. The van der Waals surface area contributed by atoms with Crippen molar-refractivity contribution in [2.24, 2.45) is 0 Å². The zero-order valence-corrected chi connectivity index (χ0v) is 7.69. The fourth-order valence-electron chi connectivity index (χ4n) is 1.89. The number of hydrogen-bond acceptors (Lipinski definition) is 3. The van der Waals surface area contributed by atoms with Crippen LogP contribution in [0.1, 0.15) is 18.4 Å². The van der Waals surface area contributed by atoms with Crippen LogP contribution in [0.3, 0.4) is 0 Å². The maximum atomic E-state index is 10.8. The van der Waals surface area contributed by atoms with E-state index in [0.29, 0.717) is 11.3 Å². The molecule has 0 saturated heterocycles.